The molecular formula is C24H21BrN2O5. The second-order valence-electron chi connectivity index (χ2n) is 6.69. The highest BCUT2D eigenvalue weighted by molar-refractivity contribution is 9.10. The number of amides is 2. The molecule has 3 aromatic rings. The highest BCUT2D eigenvalue weighted by atomic mass is 79.9. The van der Waals surface area contributed by atoms with E-state index in [1.807, 2.05) is 24.3 Å². The van der Waals surface area contributed by atoms with E-state index < -0.39 is 6.16 Å². The summed E-state index contributed by atoms with van der Waals surface area (Å²) in [6, 6.07) is 20.5. The number of hydrogen-bond donors (Lipinski definition) is 2. The molecule has 0 aliphatic rings. The molecule has 0 atom stereocenters. The molecule has 164 valence electrons. The number of ether oxygens (including phenoxy) is 2. The molecule has 32 heavy (non-hydrogen) atoms. The summed E-state index contributed by atoms with van der Waals surface area (Å²) >= 11 is 3.37. The number of rotatable bonds is 7. The molecule has 0 aromatic heterocycles. The van der Waals surface area contributed by atoms with Gasteiger partial charge in [0.1, 0.15) is 5.75 Å². The maximum atomic E-state index is 12.4. The van der Waals surface area contributed by atoms with Crippen molar-refractivity contribution in [1.82, 2.24) is 0 Å². The lowest BCUT2D eigenvalue weighted by Gasteiger charge is -2.09. The molecule has 7 nitrogen and oxygen atoms in total. The molecule has 0 saturated heterocycles. The molecule has 2 N–H and O–H groups in total. The molecule has 0 aliphatic carbocycles. The van der Waals surface area contributed by atoms with Crippen LogP contribution in [-0.2, 0) is 16.0 Å². The fourth-order valence-electron chi connectivity index (χ4n) is 2.75. The molecule has 0 heterocycles. The fraction of sp³-hybridized carbons (Fsp3) is 0.125. The van der Waals surface area contributed by atoms with Crippen molar-refractivity contribution in [2.75, 3.05) is 17.2 Å². The summed E-state index contributed by atoms with van der Waals surface area (Å²) in [5.41, 5.74) is 2.51. The van der Waals surface area contributed by atoms with Crippen molar-refractivity contribution >= 4 is 45.3 Å². The summed E-state index contributed by atoms with van der Waals surface area (Å²) in [5.74, 6) is -0.169. The van der Waals surface area contributed by atoms with Crippen LogP contribution in [0.2, 0.25) is 0 Å². The topological polar surface area (TPSA) is 93.7 Å². The Hall–Kier alpha value is -3.65. The first-order chi connectivity index (χ1) is 15.4. The van der Waals surface area contributed by atoms with Gasteiger partial charge in [0.15, 0.2) is 0 Å². The zero-order chi connectivity index (χ0) is 22.9. The quantitative estimate of drug-likeness (QED) is 0.336. The van der Waals surface area contributed by atoms with Crippen LogP contribution in [0.5, 0.6) is 5.75 Å². The van der Waals surface area contributed by atoms with Crippen LogP contribution in [0.25, 0.3) is 0 Å². The maximum absolute atomic E-state index is 12.4. The SMILES string of the molecule is CCOC(=O)Oc1ccc(C(=O)Nc2ccc(NC(=O)Cc3ccc(Br)cc3)cc2)cc1. The summed E-state index contributed by atoms with van der Waals surface area (Å²) in [6.45, 7) is 1.89. The van der Waals surface area contributed by atoms with Crippen molar-refractivity contribution in [2.24, 2.45) is 0 Å². The van der Waals surface area contributed by atoms with E-state index in [-0.39, 0.29) is 30.6 Å². The predicted octanol–water partition coefficient (Wildman–Crippen LogP) is 5.42. The zero-order valence-electron chi connectivity index (χ0n) is 17.3. The van der Waals surface area contributed by atoms with Crippen molar-refractivity contribution in [2.45, 2.75) is 13.3 Å². The first-order valence-corrected chi connectivity index (χ1v) is 10.6. The predicted molar refractivity (Wildman–Crippen MR) is 125 cm³/mol. The highest BCUT2D eigenvalue weighted by Gasteiger charge is 2.09. The second-order valence-corrected chi connectivity index (χ2v) is 7.61. The van der Waals surface area contributed by atoms with Crippen LogP contribution in [0.4, 0.5) is 16.2 Å². The van der Waals surface area contributed by atoms with Crippen LogP contribution in [0.1, 0.15) is 22.8 Å². The third-order valence-electron chi connectivity index (χ3n) is 4.28. The number of carbonyl (C=O) groups excluding carboxylic acids is 3. The van der Waals surface area contributed by atoms with Gasteiger partial charge in [0.05, 0.1) is 13.0 Å². The van der Waals surface area contributed by atoms with E-state index >= 15 is 0 Å². The first-order valence-electron chi connectivity index (χ1n) is 9.83. The molecule has 0 radical (unpaired) electrons. The average molecular weight is 497 g/mol. The van der Waals surface area contributed by atoms with Gasteiger partial charge in [0.2, 0.25) is 5.91 Å². The van der Waals surface area contributed by atoms with Gasteiger partial charge in [-0.05, 0) is 73.2 Å². The van der Waals surface area contributed by atoms with E-state index in [9.17, 15) is 14.4 Å². The molecule has 3 aromatic carbocycles. The van der Waals surface area contributed by atoms with Crippen molar-refractivity contribution in [3.05, 3.63) is 88.4 Å². The second kappa shape index (κ2) is 11.1. The first kappa shape index (κ1) is 23.0. The van der Waals surface area contributed by atoms with Gasteiger partial charge in [0, 0.05) is 21.4 Å². The van der Waals surface area contributed by atoms with Crippen molar-refractivity contribution < 1.29 is 23.9 Å². The Kier molecular flexibility index (Phi) is 7.99. The van der Waals surface area contributed by atoms with Crippen molar-refractivity contribution in [3.63, 3.8) is 0 Å². The largest absolute Gasteiger partial charge is 0.513 e. The van der Waals surface area contributed by atoms with Crippen molar-refractivity contribution in [1.29, 1.82) is 0 Å². The summed E-state index contributed by atoms with van der Waals surface area (Å²) in [6.07, 6.45) is -0.532. The highest BCUT2D eigenvalue weighted by Crippen LogP contribution is 2.18. The van der Waals surface area contributed by atoms with E-state index in [1.54, 1.807) is 43.3 Å². The molecule has 0 bridgehead atoms. The van der Waals surface area contributed by atoms with E-state index in [4.69, 9.17) is 9.47 Å². The maximum Gasteiger partial charge on any atom is 0.513 e. The molecule has 3 rings (SSSR count). The summed E-state index contributed by atoms with van der Waals surface area (Å²) in [5, 5.41) is 5.61. The van der Waals surface area contributed by atoms with E-state index in [2.05, 4.69) is 26.6 Å². The molecule has 0 aliphatic heterocycles. The third kappa shape index (κ3) is 6.95. The molecule has 0 unspecified atom stereocenters. The number of carbonyl (C=O) groups is 3. The summed E-state index contributed by atoms with van der Waals surface area (Å²) < 4.78 is 10.6. The Morgan fingerprint density at radius 3 is 2.00 bits per heavy atom. The Morgan fingerprint density at radius 1 is 0.812 bits per heavy atom. The Bertz CT molecular complexity index is 1080. The number of hydrogen-bond acceptors (Lipinski definition) is 5. The molecule has 0 spiro atoms. The lowest BCUT2D eigenvalue weighted by molar-refractivity contribution is -0.115. The normalized spacial score (nSPS) is 10.2. The molecule has 8 heteroatoms. The molecular weight excluding hydrogens is 476 g/mol. The Balaban J connectivity index is 1.52. The summed E-state index contributed by atoms with van der Waals surface area (Å²) in [4.78, 5) is 36.0. The molecule has 0 fully saturated rings. The lowest BCUT2D eigenvalue weighted by atomic mass is 10.1. The minimum atomic E-state index is -0.797. The van der Waals surface area contributed by atoms with Gasteiger partial charge in [-0.2, -0.15) is 0 Å². The van der Waals surface area contributed by atoms with Crippen LogP contribution in [0, 0.1) is 0 Å². The molecule has 2 amide bonds. The number of anilines is 2. The minimum absolute atomic E-state index is 0.130. The Morgan fingerprint density at radius 2 is 1.41 bits per heavy atom. The van der Waals surface area contributed by atoms with Gasteiger partial charge in [-0.15, -0.1) is 0 Å². The fourth-order valence-corrected chi connectivity index (χ4v) is 3.02. The van der Waals surface area contributed by atoms with Gasteiger partial charge >= 0.3 is 6.16 Å². The zero-order valence-corrected chi connectivity index (χ0v) is 18.8. The van der Waals surface area contributed by atoms with Crippen molar-refractivity contribution in [3.8, 4) is 5.75 Å². The van der Waals surface area contributed by atoms with Crippen LogP contribution in [-0.4, -0.2) is 24.6 Å². The van der Waals surface area contributed by atoms with Crippen LogP contribution < -0.4 is 15.4 Å². The lowest BCUT2D eigenvalue weighted by Crippen LogP contribution is -2.15. The number of halogens is 1. The standard InChI is InChI=1S/C24H21BrN2O5/c1-2-31-24(30)32-21-13-5-17(6-14-21)23(29)27-20-11-9-19(10-12-20)26-22(28)15-16-3-7-18(25)8-4-16/h3-14H,2,15H2,1H3,(H,26,28)(H,27,29). The van der Waals surface area contributed by atoms with Gasteiger partial charge in [-0.3, -0.25) is 9.59 Å². The van der Waals surface area contributed by atoms with Gasteiger partial charge < -0.3 is 20.1 Å². The third-order valence-corrected chi connectivity index (χ3v) is 4.81. The smallest absolute Gasteiger partial charge is 0.434 e. The average Bonchev–Trinajstić information content (AvgIpc) is 2.77. The van der Waals surface area contributed by atoms with Crippen LogP contribution in [0.15, 0.2) is 77.3 Å². The Labute approximate surface area is 193 Å². The minimum Gasteiger partial charge on any atom is -0.434 e. The van der Waals surface area contributed by atoms with E-state index in [0.717, 1.165) is 10.0 Å². The van der Waals surface area contributed by atoms with Gasteiger partial charge in [-0.25, -0.2) is 4.79 Å². The number of nitrogens with one attached hydrogen (secondary N) is 2. The van der Waals surface area contributed by atoms with Gasteiger partial charge in [-0.1, -0.05) is 28.1 Å². The molecule has 0 saturated carbocycles. The van der Waals surface area contributed by atoms with E-state index in [0.29, 0.717) is 16.9 Å². The van der Waals surface area contributed by atoms with Gasteiger partial charge in [0.25, 0.3) is 5.91 Å². The van der Waals surface area contributed by atoms with Crippen LogP contribution in [0.3, 0.4) is 0 Å². The summed E-state index contributed by atoms with van der Waals surface area (Å²) in [7, 11) is 0. The van der Waals surface area contributed by atoms with Crippen LogP contribution >= 0.6 is 15.9 Å². The number of benzene rings is 3. The monoisotopic (exact) mass is 496 g/mol. The van der Waals surface area contributed by atoms with E-state index in [1.165, 1.54) is 12.1 Å².